The zero-order valence-corrected chi connectivity index (χ0v) is 13.4. The van der Waals surface area contributed by atoms with E-state index < -0.39 is 0 Å². The molecular weight excluding hydrogens is 282 g/mol. The van der Waals surface area contributed by atoms with Crippen molar-refractivity contribution in [1.82, 2.24) is 4.57 Å². The summed E-state index contributed by atoms with van der Waals surface area (Å²) in [7, 11) is 2.07. The first kappa shape index (κ1) is 13.9. The molecule has 114 valence electrons. The number of aromatic nitrogens is 1. The summed E-state index contributed by atoms with van der Waals surface area (Å²) in [6, 6.07) is 18.7. The van der Waals surface area contributed by atoms with Crippen molar-refractivity contribution in [2.75, 3.05) is 0 Å². The summed E-state index contributed by atoms with van der Waals surface area (Å²) in [5.74, 6) is 0.414. The molecule has 23 heavy (non-hydrogen) atoms. The van der Waals surface area contributed by atoms with Gasteiger partial charge in [0.2, 0.25) is 0 Å². The number of nitrogens with zero attached hydrogens (tertiary/aromatic N) is 1. The van der Waals surface area contributed by atoms with Crippen molar-refractivity contribution in [3.63, 3.8) is 0 Å². The van der Waals surface area contributed by atoms with Gasteiger partial charge < -0.3 is 9.67 Å². The first-order valence-electron chi connectivity index (χ1n) is 7.88. The Morgan fingerprint density at radius 3 is 2.48 bits per heavy atom. The predicted molar refractivity (Wildman–Crippen MR) is 96.1 cm³/mol. The molecule has 4 aromatic rings. The number of para-hydroxylation sites is 1. The van der Waals surface area contributed by atoms with E-state index in [9.17, 15) is 5.11 Å². The average molecular weight is 301 g/mol. The van der Waals surface area contributed by atoms with Gasteiger partial charge in [-0.3, -0.25) is 0 Å². The van der Waals surface area contributed by atoms with Crippen molar-refractivity contribution in [2.45, 2.75) is 13.3 Å². The molecule has 0 aliphatic rings. The Kier molecular flexibility index (Phi) is 3.12. The Bertz CT molecular complexity index is 1030. The Labute approximate surface area is 135 Å². The van der Waals surface area contributed by atoms with E-state index in [0.29, 0.717) is 5.75 Å². The van der Waals surface area contributed by atoms with Crippen LogP contribution in [0.3, 0.4) is 0 Å². The molecule has 0 fully saturated rings. The van der Waals surface area contributed by atoms with E-state index in [4.69, 9.17) is 0 Å². The second-order valence-corrected chi connectivity index (χ2v) is 6.20. The molecule has 0 unspecified atom stereocenters. The van der Waals surface area contributed by atoms with Gasteiger partial charge in [-0.15, -0.1) is 0 Å². The number of hydrogen-bond acceptors (Lipinski definition) is 1. The van der Waals surface area contributed by atoms with Crippen LogP contribution in [0.2, 0.25) is 0 Å². The minimum Gasteiger partial charge on any atom is -0.507 e. The number of phenolic OH excluding ortho intramolecular Hbond substituents is 1. The lowest BCUT2D eigenvalue weighted by Crippen LogP contribution is -1.93. The third-order valence-corrected chi connectivity index (χ3v) is 4.66. The molecule has 0 saturated carbocycles. The van der Waals surface area contributed by atoms with Crippen molar-refractivity contribution < 1.29 is 5.11 Å². The van der Waals surface area contributed by atoms with Gasteiger partial charge in [0.1, 0.15) is 5.75 Å². The van der Waals surface area contributed by atoms with E-state index >= 15 is 0 Å². The van der Waals surface area contributed by atoms with Crippen LogP contribution in [0.4, 0.5) is 0 Å². The maximum Gasteiger partial charge on any atom is 0.122 e. The minimum atomic E-state index is 0.414. The molecule has 0 saturated heterocycles. The van der Waals surface area contributed by atoms with Crippen LogP contribution < -0.4 is 0 Å². The maximum absolute atomic E-state index is 10.6. The lowest BCUT2D eigenvalue weighted by atomic mass is 9.95. The molecule has 0 aliphatic heterocycles. The summed E-state index contributed by atoms with van der Waals surface area (Å²) in [4.78, 5) is 0. The number of aromatic hydroxyl groups is 1. The van der Waals surface area contributed by atoms with E-state index in [0.717, 1.165) is 22.9 Å². The standard InChI is InChI=1S/C21H19NO/c1-14-11-15-7-3-4-8-17(15)19(21(14)23)12-16-13-22(2)20-10-6-5-9-18(16)20/h3-11,13,23H,12H2,1-2H3. The smallest absolute Gasteiger partial charge is 0.122 e. The van der Waals surface area contributed by atoms with Crippen molar-refractivity contribution in [3.8, 4) is 5.75 Å². The van der Waals surface area contributed by atoms with Crippen LogP contribution in [-0.4, -0.2) is 9.67 Å². The fraction of sp³-hybridized carbons (Fsp3) is 0.143. The van der Waals surface area contributed by atoms with Crippen LogP contribution >= 0.6 is 0 Å². The summed E-state index contributed by atoms with van der Waals surface area (Å²) in [6.45, 7) is 1.97. The first-order valence-corrected chi connectivity index (χ1v) is 7.88. The predicted octanol–water partition coefficient (Wildman–Crippen LogP) is 4.94. The zero-order valence-electron chi connectivity index (χ0n) is 13.4. The van der Waals surface area contributed by atoms with Crippen molar-refractivity contribution >= 4 is 21.7 Å². The van der Waals surface area contributed by atoms with Gasteiger partial charge in [-0.25, -0.2) is 0 Å². The number of benzene rings is 3. The average Bonchev–Trinajstić information content (AvgIpc) is 2.88. The van der Waals surface area contributed by atoms with Gasteiger partial charge in [0, 0.05) is 36.1 Å². The van der Waals surface area contributed by atoms with Gasteiger partial charge in [-0.05, 0) is 41.0 Å². The molecule has 0 atom stereocenters. The van der Waals surface area contributed by atoms with E-state index in [1.165, 1.54) is 21.9 Å². The van der Waals surface area contributed by atoms with Gasteiger partial charge in [-0.2, -0.15) is 0 Å². The molecule has 0 spiro atoms. The largest absolute Gasteiger partial charge is 0.507 e. The molecule has 3 aromatic carbocycles. The summed E-state index contributed by atoms with van der Waals surface area (Å²) in [6.07, 6.45) is 2.90. The monoisotopic (exact) mass is 301 g/mol. The zero-order chi connectivity index (χ0) is 16.0. The molecule has 2 nitrogen and oxygen atoms in total. The molecular formula is C21H19NO. The molecule has 1 N–H and O–H groups in total. The van der Waals surface area contributed by atoms with Gasteiger partial charge in [0.05, 0.1) is 0 Å². The van der Waals surface area contributed by atoms with E-state index in [2.05, 4.69) is 60.3 Å². The van der Waals surface area contributed by atoms with E-state index in [1.807, 2.05) is 19.1 Å². The molecule has 2 heteroatoms. The Balaban J connectivity index is 1.94. The molecule has 0 amide bonds. The fourth-order valence-electron chi connectivity index (χ4n) is 3.50. The highest BCUT2D eigenvalue weighted by Crippen LogP contribution is 2.34. The second-order valence-electron chi connectivity index (χ2n) is 6.20. The highest BCUT2D eigenvalue weighted by molar-refractivity contribution is 5.90. The van der Waals surface area contributed by atoms with Gasteiger partial charge in [0.25, 0.3) is 0 Å². The first-order chi connectivity index (χ1) is 11.1. The summed E-state index contributed by atoms with van der Waals surface area (Å²) < 4.78 is 2.15. The van der Waals surface area contributed by atoms with Crippen molar-refractivity contribution in [3.05, 3.63) is 77.5 Å². The molecule has 1 heterocycles. The normalized spacial score (nSPS) is 11.4. The molecule has 4 rings (SSSR count). The number of hydrogen-bond donors (Lipinski definition) is 1. The second kappa shape index (κ2) is 5.17. The highest BCUT2D eigenvalue weighted by atomic mass is 16.3. The Morgan fingerprint density at radius 2 is 1.65 bits per heavy atom. The molecule has 0 bridgehead atoms. The number of fused-ring (bicyclic) bond motifs is 2. The summed E-state index contributed by atoms with van der Waals surface area (Å²) in [5, 5.41) is 14.2. The van der Waals surface area contributed by atoms with Crippen LogP contribution in [0.25, 0.3) is 21.7 Å². The number of rotatable bonds is 2. The highest BCUT2D eigenvalue weighted by Gasteiger charge is 2.14. The van der Waals surface area contributed by atoms with Crippen molar-refractivity contribution in [1.29, 1.82) is 0 Å². The van der Waals surface area contributed by atoms with Crippen LogP contribution in [-0.2, 0) is 13.5 Å². The van der Waals surface area contributed by atoms with Crippen LogP contribution in [0.1, 0.15) is 16.7 Å². The third kappa shape index (κ3) is 2.18. The lowest BCUT2D eigenvalue weighted by molar-refractivity contribution is 0.466. The summed E-state index contributed by atoms with van der Waals surface area (Å²) in [5.41, 5.74) is 4.41. The van der Waals surface area contributed by atoms with E-state index in [-0.39, 0.29) is 0 Å². The quantitative estimate of drug-likeness (QED) is 0.557. The lowest BCUT2D eigenvalue weighted by Gasteiger charge is -2.11. The fourth-order valence-corrected chi connectivity index (χ4v) is 3.50. The van der Waals surface area contributed by atoms with Gasteiger partial charge in [-0.1, -0.05) is 42.5 Å². The maximum atomic E-state index is 10.6. The third-order valence-electron chi connectivity index (χ3n) is 4.66. The van der Waals surface area contributed by atoms with Crippen LogP contribution in [0.15, 0.2) is 60.8 Å². The molecule has 0 aliphatic carbocycles. The SMILES string of the molecule is Cc1cc2ccccc2c(Cc2cn(C)c3ccccc23)c1O. The van der Waals surface area contributed by atoms with Gasteiger partial charge >= 0.3 is 0 Å². The number of phenols is 1. The van der Waals surface area contributed by atoms with Crippen LogP contribution in [0, 0.1) is 6.92 Å². The van der Waals surface area contributed by atoms with E-state index in [1.54, 1.807) is 0 Å². The number of aryl methyl sites for hydroxylation is 2. The Morgan fingerprint density at radius 1 is 0.957 bits per heavy atom. The molecule has 1 aromatic heterocycles. The minimum absolute atomic E-state index is 0.414. The van der Waals surface area contributed by atoms with Gasteiger partial charge in [0.15, 0.2) is 0 Å². The van der Waals surface area contributed by atoms with Crippen LogP contribution in [0.5, 0.6) is 5.75 Å². The topological polar surface area (TPSA) is 25.2 Å². The Hall–Kier alpha value is -2.74. The van der Waals surface area contributed by atoms with Crippen molar-refractivity contribution in [2.24, 2.45) is 7.05 Å². The molecule has 0 radical (unpaired) electrons. The summed E-state index contributed by atoms with van der Waals surface area (Å²) >= 11 is 0.